The van der Waals surface area contributed by atoms with Crippen LogP contribution in [-0.4, -0.2) is 50.8 Å². The summed E-state index contributed by atoms with van der Waals surface area (Å²) in [6.07, 6.45) is -0.501. The molecule has 1 N–H and O–H groups in total. The normalized spacial score (nSPS) is 19.3. The van der Waals surface area contributed by atoms with E-state index in [-0.39, 0.29) is 13.1 Å². The quantitative estimate of drug-likeness (QED) is 0.774. The first-order chi connectivity index (χ1) is 10.8. The number of carbonyl (C=O) groups is 2. The SMILES string of the molecule is COC(=O)CC1C(=O)NCCN1S(=O)(=O)c1cc(F)cc(F)c1. The lowest BCUT2D eigenvalue weighted by Crippen LogP contribution is -2.57. The molecule has 1 atom stereocenters. The zero-order valence-electron chi connectivity index (χ0n) is 12.1. The summed E-state index contributed by atoms with van der Waals surface area (Å²) >= 11 is 0. The van der Waals surface area contributed by atoms with Crippen LogP contribution in [0.1, 0.15) is 6.42 Å². The van der Waals surface area contributed by atoms with Crippen LogP contribution in [0.2, 0.25) is 0 Å². The first kappa shape index (κ1) is 17.3. The fourth-order valence-electron chi connectivity index (χ4n) is 2.23. The molecule has 0 radical (unpaired) electrons. The number of amides is 1. The fraction of sp³-hybridized carbons (Fsp3) is 0.385. The summed E-state index contributed by atoms with van der Waals surface area (Å²) in [6, 6.07) is 0.501. The summed E-state index contributed by atoms with van der Waals surface area (Å²) in [5.74, 6) is -3.58. The summed E-state index contributed by atoms with van der Waals surface area (Å²) in [7, 11) is -3.26. The largest absolute Gasteiger partial charge is 0.469 e. The highest BCUT2D eigenvalue weighted by Gasteiger charge is 2.40. The summed E-state index contributed by atoms with van der Waals surface area (Å²) in [5, 5.41) is 2.44. The van der Waals surface area contributed by atoms with Gasteiger partial charge in [-0.2, -0.15) is 4.31 Å². The van der Waals surface area contributed by atoms with Crippen LogP contribution >= 0.6 is 0 Å². The summed E-state index contributed by atoms with van der Waals surface area (Å²) in [6.45, 7) is -0.110. The zero-order chi connectivity index (χ0) is 17.2. The van der Waals surface area contributed by atoms with Crippen molar-refractivity contribution in [1.29, 1.82) is 0 Å². The fourth-order valence-corrected chi connectivity index (χ4v) is 3.86. The second kappa shape index (κ2) is 6.59. The number of nitrogens with one attached hydrogen (secondary N) is 1. The van der Waals surface area contributed by atoms with Gasteiger partial charge in [-0.1, -0.05) is 0 Å². The van der Waals surface area contributed by atoms with Crippen LogP contribution in [0.4, 0.5) is 8.78 Å². The minimum absolute atomic E-state index is 0.0214. The van der Waals surface area contributed by atoms with Crippen LogP contribution in [0, 0.1) is 11.6 Å². The Balaban J connectivity index is 2.42. The Bertz CT molecular complexity index is 718. The average molecular weight is 348 g/mol. The van der Waals surface area contributed by atoms with Gasteiger partial charge in [0.05, 0.1) is 18.4 Å². The maximum absolute atomic E-state index is 13.3. The van der Waals surface area contributed by atoms with Gasteiger partial charge in [0.25, 0.3) is 0 Å². The minimum atomic E-state index is -4.36. The number of methoxy groups -OCH3 is 1. The van der Waals surface area contributed by atoms with Gasteiger partial charge in [0.1, 0.15) is 17.7 Å². The Hall–Kier alpha value is -2.07. The van der Waals surface area contributed by atoms with Gasteiger partial charge in [-0.3, -0.25) is 9.59 Å². The molecule has 0 saturated carbocycles. The van der Waals surface area contributed by atoms with E-state index in [0.717, 1.165) is 11.4 Å². The molecule has 23 heavy (non-hydrogen) atoms. The zero-order valence-corrected chi connectivity index (χ0v) is 12.9. The molecule has 0 aromatic heterocycles. The minimum Gasteiger partial charge on any atom is -0.469 e. The third-order valence-corrected chi connectivity index (χ3v) is 5.20. The van der Waals surface area contributed by atoms with Gasteiger partial charge in [0, 0.05) is 19.2 Å². The third-order valence-electron chi connectivity index (χ3n) is 3.31. The molecule has 10 heteroatoms. The van der Waals surface area contributed by atoms with Crippen molar-refractivity contribution in [2.45, 2.75) is 17.4 Å². The molecule has 0 bridgehead atoms. The molecule has 1 aliphatic rings. The topological polar surface area (TPSA) is 92.8 Å². The molecule has 1 amide bonds. The van der Waals surface area contributed by atoms with E-state index in [1.54, 1.807) is 0 Å². The number of nitrogens with zero attached hydrogens (tertiary/aromatic N) is 1. The lowest BCUT2D eigenvalue weighted by atomic mass is 10.1. The first-order valence-electron chi connectivity index (χ1n) is 6.58. The molecule has 126 valence electrons. The molecule has 1 aromatic rings. The van der Waals surface area contributed by atoms with Gasteiger partial charge in [-0.25, -0.2) is 17.2 Å². The van der Waals surface area contributed by atoms with E-state index in [0.29, 0.717) is 18.2 Å². The van der Waals surface area contributed by atoms with Crippen molar-refractivity contribution < 1.29 is 31.5 Å². The van der Waals surface area contributed by atoms with E-state index < -0.39 is 50.9 Å². The van der Waals surface area contributed by atoms with Crippen molar-refractivity contribution in [3.05, 3.63) is 29.8 Å². The van der Waals surface area contributed by atoms with Crippen LogP contribution in [-0.2, 0) is 24.3 Å². The molecule has 1 aliphatic heterocycles. The molecule has 7 nitrogen and oxygen atoms in total. The Morgan fingerprint density at radius 2 is 1.96 bits per heavy atom. The first-order valence-corrected chi connectivity index (χ1v) is 8.02. The number of rotatable bonds is 4. The van der Waals surface area contributed by atoms with Crippen LogP contribution < -0.4 is 5.32 Å². The molecule has 0 spiro atoms. The highest BCUT2D eigenvalue weighted by Crippen LogP contribution is 2.23. The van der Waals surface area contributed by atoms with Crippen molar-refractivity contribution in [3.8, 4) is 0 Å². The lowest BCUT2D eigenvalue weighted by Gasteiger charge is -2.33. The molecular weight excluding hydrogens is 334 g/mol. The van der Waals surface area contributed by atoms with Crippen molar-refractivity contribution in [3.63, 3.8) is 0 Å². The van der Waals surface area contributed by atoms with E-state index >= 15 is 0 Å². The van der Waals surface area contributed by atoms with Gasteiger partial charge < -0.3 is 10.1 Å². The highest BCUT2D eigenvalue weighted by atomic mass is 32.2. The van der Waals surface area contributed by atoms with E-state index in [4.69, 9.17) is 0 Å². The molecule has 0 aliphatic carbocycles. The lowest BCUT2D eigenvalue weighted by molar-refractivity contribution is -0.144. The molecule has 2 rings (SSSR count). The van der Waals surface area contributed by atoms with E-state index in [9.17, 15) is 26.8 Å². The Morgan fingerprint density at radius 1 is 1.35 bits per heavy atom. The van der Waals surface area contributed by atoms with Crippen molar-refractivity contribution >= 4 is 21.9 Å². The third kappa shape index (κ3) is 3.64. The second-order valence-corrected chi connectivity index (χ2v) is 6.70. The molecule has 1 heterocycles. The van der Waals surface area contributed by atoms with Gasteiger partial charge >= 0.3 is 5.97 Å². The van der Waals surface area contributed by atoms with Crippen molar-refractivity contribution in [1.82, 2.24) is 9.62 Å². The number of hydrogen-bond donors (Lipinski definition) is 1. The second-order valence-electron chi connectivity index (χ2n) is 4.81. The average Bonchev–Trinajstić information content (AvgIpc) is 2.48. The highest BCUT2D eigenvalue weighted by molar-refractivity contribution is 7.89. The van der Waals surface area contributed by atoms with Crippen molar-refractivity contribution in [2.24, 2.45) is 0 Å². The van der Waals surface area contributed by atoms with E-state index in [1.165, 1.54) is 0 Å². The summed E-state index contributed by atoms with van der Waals surface area (Å²) in [4.78, 5) is 22.7. The van der Waals surface area contributed by atoms with E-state index in [1.807, 2.05) is 0 Å². The maximum Gasteiger partial charge on any atom is 0.307 e. The molecule has 1 saturated heterocycles. The Labute approximate surface area is 131 Å². The maximum atomic E-state index is 13.3. The molecule has 1 unspecified atom stereocenters. The Morgan fingerprint density at radius 3 is 2.52 bits per heavy atom. The molecule has 1 aromatic carbocycles. The number of ether oxygens (including phenoxy) is 1. The number of halogens is 2. The van der Waals surface area contributed by atoms with E-state index in [2.05, 4.69) is 10.1 Å². The molecule has 1 fully saturated rings. The van der Waals surface area contributed by atoms with Gasteiger partial charge in [-0.15, -0.1) is 0 Å². The van der Waals surface area contributed by atoms with Crippen LogP contribution in [0.3, 0.4) is 0 Å². The van der Waals surface area contributed by atoms with Gasteiger partial charge in [0.2, 0.25) is 15.9 Å². The number of hydrogen-bond acceptors (Lipinski definition) is 5. The van der Waals surface area contributed by atoms with Crippen molar-refractivity contribution in [2.75, 3.05) is 20.2 Å². The van der Waals surface area contributed by atoms with Crippen LogP contribution in [0.25, 0.3) is 0 Å². The standard InChI is InChI=1S/C13H14F2N2O5S/c1-22-12(18)7-11-13(19)16-2-3-17(11)23(20,21)10-5-8(14)4-9(15)6-10/h4-6,11H,2-3,7H2,1H3,(H,16,19). The number of benzene rings is 1. The van der Waals surface area contributed by atoms with Gasteiger partial charge in [0.15, 0.2) is 0 Å². The number of carbonyl (C=O) groups excluding carboxylic acids is 2. The van der Waals surface area contributed by atoms with Crippen LogP contribution in [0.15, 0.2) is 23.1 Å². The Kier molecular flexibility index (Phi) is 4.95. The number of piperazine rings is 1. The van der Waals surface area contributed by atoms with Crippen LogP contribution in [0.5, 0.6) is 0 Å². The summed E-state index contributed by atoms with van der Waals surface area (Å²) in [5.41, 5.74) is 0. The smallest absolute Gasteiger partial charge is 0.307 e. The summed E-state index contributed by atoms with van der Waals surface area (Å²) < 4.78 is 56.9. The number of sulfonamides is 1. The number of esters is 1. The monoisotopic (exact) mass is 348 g/mol. The predicted molar refractivity (Wildman–Crippen MR) is 73.7 cm³/mol. The predicted octanol–water partition coefficient (Wildman–Crippen LogP) is 0.0170. The molecular formula is C13H14F2N2O5S. The van der Waals surface area contributed by atoms with Gasteiger partial charge in [-0.05, 0) is 12.1 Å².